The molecule has 98 valence electrons. The lowest BCUT2D eigenvalue weighted by molar-refractivity contribution is 0.413. The van der Waals surface area contributed by atoms with E-state index in [1.54, 1.807) is 7.11 Å². The van der Waals surface area contributed by atoms with Crippen LogP contribution in [0.25, 0.3) is 16.3 Å². The molecular formula is C19H16O. The summed E-state index contributed by atoms with van der Waals surface area (Å²) in [6.07, 6.45) is 0. The van der Waals surface area contributed by atoms with Crippen LogP contribution in [0.2, 0.25) is 0 Å². The van der Waals surface area contributed by atoms with Crippen molar-refractivity contribution >= 4 is 16.3 Å². The average Bonchev–Trinajstić information content (AvgIpc) is 2.53. The summed E-state index contributed by atoms with van der Waals surface area (Å²) in [5, 5.41) is 2.46. The molecule has 0 aliphatic carbocycles. The molecule has 1 heteroatoms. The van der Waals surface area contributed by atoms with Gasteiger partial charge in [-0.3, -0.25) is 0 Å². The quantitative estimate of drug-likeness (QED) is 0.650. The molecule has 0 spiro atoms. The van der Waals surface area contributed by atoms with Crippen LogP contribution < -0.4 is 4.74 Å². The number of benzene rings is 3. The highest BCUT2D eigenvalue weighted by Gasteiger charge is 2.08. The van der Waals surface area contributed by atoms with Crippen LogP contribution in [0, 0.1) is 0 Å². The molecule has 3 aromatic carbocycles. The first kappa shape index (κ1) is 12.5. The van der Waals surface area contributed by atoms with Crippen LogP contribution >= 0.6 is 0 Å². The Kier molecular flexibility index (Phi) is 3.26. The smallest absolute Gasteiger partial charge is 0.126 e. The highest BCUT2D eigenvalue weighted by atomic mass is 16.5. The average molecular weight is 260 g/mol. The third kappa shape index (κ3) is 2.19. The lowest BCUT2D eigenvalue weighted by Gasteiger charge is -2.11. The Bertz CT molecular complexity index is 771. The number of methoxy groups -OCH3 is 1. The first-order valence-electron chi connectivity index (χ1n) is 6.61. The van der Waals surface area contributed by atoms with Crippen molar-refractivity contribution in [3.05, 3.63) is 84.4 Å². The molecule has 0 aromatic heterocycles. The topological polar surface area (TPSA) is 9.23 Å². The third-order valence-electron chi connectivity index (χ3n) is 3.53. The molecule has 0 atom stereocenters. The van der Waals surface area contributed by atoms with E-state index in [2.05, 4.69) is 49.0 Å². The summed E-state index contributed by atoms with van der Waals surface area (Å²) in [4.78, 5) is 0. The minimum atomic E-state index is 0.852. The Morgan fingerprint density at radius 1 is 0.850 bits per heavy atom. The lowest BCUT2D eigenvalue weighted by atomic mass is 9.96. The van der Waals surface area contributed by atoms with Crippen molar-refractivity contribution in [1.29, 1.82) is 0 Å². The highest BCUT2D eigenvalue weighted by molar-refractivity contribution is 5.89. The molecule has 3 aromatic rings. The van der Waals surface area contributed by atoms with Gasteiger partial charge in [-0.25, -0.2) is 0 Å². The van der Waals surface area contributed by atoms with E-state index in [0.29, 0.717) is 0 Å². The van der Waals surface area contributed by atoms with Gasteiger partial charge in [0.1, 0.15) is 5.75 Å². The van der Waals surface area contributed by atoms with E-state index < -0.39 is 0 Å². The van der Waals surface area contributed by atoms with Gasteiger partial charge in [-0.05, 0) is 34.0 Å². The molecule has 0 radical (unpaired) electrons. The van der Waals surface area contributed by atoms with E-state index in [0.717, 1.165) is 22.4 Å². The maximum atomic E-state index is 5.41. The first-order valence-corrected chi connectivity index (χ1v) is 6.61. The van der Waals surface area contributed by atoms with E-state index in [9.17, 15) is 0 Å². The number of para-hydroxylation sites is 1. The van der Waals surface area contributed by atoms with Crippen LogP contribution in [0.3, 0.4) is 0 Å². The second kappa shape index (κ2) is 5.22. The zero-order valence-corrected chi connectivity index (χ0v) is 11.5. The summed E-state index contributed by atoms with van der Waals surface area (Å²) in [6, 6.07) is 22.7. The monoisotopic (exact) mass is 260 g/mol. The van der Waals surface area contributed by atoms with Crippen LogP contribution in [-0.4, -0.2) is 7.11 Å². The molecule has 0 bridgehead atoms. The normalized spacial score (nSPS) is 10.4. The molecule has 0 saturated carbocycles. The third-order valence-corrected chi connectivity index (χ3v) is 3.53. The van der Waals surface area contributed by atoms with Crippen molar-refractivity contribution in [3.63, 3.8) is 0 Å². The van der Waals surface area contributed by atoms with E-state index in [-0.39, 0.29) is 0 Å². The molecule has 0 aliphatic rings. The van der Waals surface area contributed by atoms with Gasteiger partial charge in [-0.1, -0.05) is 61.2 Å². The minimum Gasteiger partial charge on any atom is -0.496 e. The number of fused-ring (bicyclic) bond motifs is 1. The van der Waals surface area contributed by atoms with Crippen LogP contribution in [-0.2, 0) is 0 Å². The molecule has 1 nitrogen and oxygen atoms in total. The fourth-order valence-electron chi connectivity index (χ4n) is 2.43. The molecule has 20 heavy (non-hydrogen) atoms. The summed E-state index contributed by atoms with van der Waals surface area (Å²) in [6.45, 7) is 4.23. The van der Waals surface area contributed by atoms with E-state index in [1.807, 2.05) is 24.3 Å². The number of rotatable bonds is 3. The highest BCUT2D eigenvalue weighted by Crippen LogP contribution is 2.30. The predicted octanol–water partition coefficient (Wildman–Crippen LogP) is 4.91. The van der Waals surface area contributed by atoms with Crippen LogP contribution in [0.4, 0.5) is 0 Å². The molecular weight excluding hydrogens is 244 g/mol. The molecule has 0 saturated heterocycles. The van der Waals surface area contributed by atoms with Crippen molar-refractivity contribution in [2.75, 3.05) is 7.11 Å². The lowest BCUT2D eigenvalue weighted by Crippen LogP contribution is -1.92. The Labute approximate surface area is 119 Å². The van der Waals surface area contributed by atoms with Crippen LogP contribution in [0.1, 0.15) is 11.1 Å². The zero-order valence-electron chi connectivity index (χ0n) is 11.5. The molecule has 0 N–H and O–H groups in total. The fraction of sp³-hybridized carbons (Fsp3) is 0.0526. The Hall–Kier alpha value is -2.54. The maximum absolute atomic E-state index is 5.41. The second-order valence-corrected chi connectivity index (χ2v) is 4.74. The fourth-order valence-corrected chi connectivity index (χ4v) is 2.43. The molecule has 0 aliphatic heterocycles. The van der Waals surface area contributed by atoms with Crippen molar-refractivity contribution in [2.24, 2.45) is 0 Å². The predicted molar refractivity (Wildman–Crippen MR) is 85.1 cm³/mol. The Morgan fingerprint density at radius 2 is 1.55 bits per heavy atom. The van der Waals surface area contributed by atoms with Gasteiger partial charge in [-0.2, -0.15) is 0 Å². The second-order valence-electron chi connectivity index (χ2n) is 4.74. The van der Waals surface area contributed by atoms with E-state index in [4.69, 9.17) is 4.74 Å². The van der Waals surface area contributed by atoms with Gasteiger partial charge in [0.25, 0.3) is 0 Å². The SMILES string of the molecule is C=C(c1ccc2ccccc2c1)c1ccccc1OC. The van der Waals surface area contributed by atoms with Gasteiger partial charge in [0.2, 0.25) is 0 Å². The van der Waals surface area contributed by atoms with Crippen molar-refractivity contribution < 1.29 is 4.74 Å². The first-order chi connectivity index (χ1) is 9.79. The summed E-state index contributed by atoms with van der Waals surface area (Å²) >= 11 is 0. The van der Waals surface area contributed by atoms with E-state index in [1.165, 1.54) is 10.8 Å². The van der Waals surface area contributed by atoms with Gasteiger partial charge in [-0.15, -0.1) is 0 Å². The molecule has 3 rings (SSSR count). The van der Waals surface area contributed by atoms with Gasteiger partial charge < -0.3 is 4.74 Å². The van der Waals surface area contributed by atoms with E-state index >= 15 is 0 Å². The van der Waals surface area contributed by atoms with Crippen molar-refractivity contribution in [1.82, 2.24) is 0 Å². The molecule has 0 heterocycles. The number of hydrogen-bond donors (Lipinski definition) is 0. The summed E-state index contributed by atoms with van der Waals surface area (Å²) in [7, 11) is 1.69. The molecule has 0 fully saturated rings. The van der Waals surface area contributed by atoms with Gasteiger partial charge >= 0.3 is 0 Å². The molecule has 0 amide bonds. The number of ether oxygens (including phenoxy) is 1. The van der Waals surface area contributed by atoms with Crippen molar-refractivity contribution in [2.45, 2.75) is 0 Å². The summed E-state index contributed by atoms with van der Waals surface area (Å²) in [5.74, 6) is 0.852. The minimum absolute atomic E-state index is 0.852. The van der Waals surface area contributed by atoms with Gasteiger partial charge in [0.05, 0.1) is 7.11 Å². The standard InChI is InChI=1S/C19H16O/c1-14(18-9-5-6-10-19(18)20-2)16-12-11-15-7-3-4-8-17(15)13-16/h3-13H,1H2,2H3. The van der Waals surface area contributed by atoms with Gasteiger partial charge in [0, 0.05) is 5.56 Å². The van der Waals surface area contributed by atoms with Crippen LogP contribution in [0.15, 0.2) is 73.3 Å². The summed E-state index contributed by atoms with van der Waals surface area (Å²) in [5.41, 5.74) is 3.13. The van der Waals surface area contributed by atoms with Crippen molar-refractivity contribution in [3.8, 4) is 5.75 Å². The zero-order chi connectivity index (χ0) is 13.9. The Morgan fingerprint density at radius 3 is 2.35 bits per heavy atom. The largest absolute Gasteiger partial charge is 0.496 e. The Balaban J connectivity index is 2.08. The molecule has 0 unspecified atom stereocenters. The summed E-state index contributed by atoms with van der Waals surface area (Å²) < 4.78 is 5.41. The maximum Gasteiger partial charge on any atom is 0.126 e. The number of hydrogen-bond acceptors (Lipinski definition) is 1. The van der Waals surface area contributed by atoms with Gasteiger partial charge in [0.15, 0.2) is 0 Å². The van der Waals surface area contributed by atoms with Crippen LogP contribution in [0.5, 0.6) is 5.75 Å².